The van der Waals surface area contributed by atoms with Gasteiger partial charge >= 0.3 is 0 Å². The summed E-state index contributed by atoms with van der Waals surface area (Å²) >= 11 is 0. The van der Waals surface area contributed by atoms with Crippen LogP contribution in [0.1, 0.15) is 57.8 Å². The highest BCUT2D eigenvalue weighted by Crippen LogP contribution is 2.24. The van der Waals surface area contributed by atoms with E-state index in [1.165, 1.54) is 44.9 Å². The zero-order chi connectivity index (χ0) is 15.1. The number of rotatable bonds is 6. The fraction of sp³-hybridized carbons (Fsp3) is 0.941. The number of aliphatic hydroxyl groups excluding tert-OH is 1. The van der Waals surface area contributed by atoms with Crippen LogP contribution >= 0.6 is 0 Å². The lowest BCUT2D eigenvalue weighted by atomic mass is 9.89. The second-order valence-electron chi connectivity index (χ2n) is 6.91. The SMILES string of the molecule is CN(CC1CCCCC1)C(=O)CN1CCCCC1CCO. The molecule has 4 heteroatoms. The van der Waals surface area contributed by atoms with Crippen molar-refractivity contribution in [3.8, 4) is 0 Å². The Bertz CT molecular complexity index is 314. The van der Waals surface area contributed by atoms with Crippen molar-refractivity contribution in [2.75, 3.05) is 33.3 Å². The first-order valence-electron chi connectivity index (χ1n) is 8.79. The van der Waals surface area contributed by atoms with E-state index in [9.17, 15) is 9.90 Å². The van der Waals surface area contributed by atoms with Gasteiger partial charge in [-0.05, 0) is 44.6 Å². The average molecular weight is 296 g/mol. The molecule has 0 aromatic rings. The Labute approximate surface area is 129 Å². The van der Waals surface area contributed by atoms with Crippen LogP contribution < -0.4 is 0 Å². The van der Waals surface area contributed by atoms with Gasteiger partial charge in [0, 0.05) is 26.2 Å². The topological polar surface area (TPSA) is 43.8 Å². The summed E-state index contributed by atoms with van der Waals surface area (Å²) in [7, 11) is 1.96. The molecule has 4 nitrogen and oxygen atoms in total. The molecule has 1 unspecified atom stereocenters. The maximum Gasteiger partial charge on any atom is 0.236 e. The molecular formula is C17H32N2O2. The van der Waals surface area contributed by atoms with E-state index in [0.29, 0.717) is 18.5 Å². The van der Waals surface area contributed by atoms with Crippen molar-refractivity contribution in [3.05, 3.63) is 0 Å². The number of hydrogen-bond donors (Lipinski definition) is 1. The van der Waals surface area contributed by atoms with E-state index in [2.05, 4.69) is 4.90 Å². The summed E-state index contributed by atoms with van der Waals surface area (Å²) in [4.78, 5) is 16.7. The Morgan fingerprint density at radius 1 is 1.14 bits per heavy atom. The smallest absolute Gasteiger partial charge is 0.236 e. The van der Waals surface area contributed by atoms with Crippen molar-refractivity contribution in [2.24, 2.45) is 5.92 Å². The fourth-order valence-corrected chi connectivity index (χ4v) is 3.90. The molecule has 1 aliphatic carbocycles. The number of likely N-dealkylation sites (N-methyl/N-ethyl adjacent to an activating group) is 1. The second-order valence-corrected chi connectivity index (χ2v) is 6.91. The van der Waals surface area contributed by atoms with Crippen LogP contribution in [0.3, 0.4) is 0 Å². The Kier molecular flexibility index (Phi) is 6.97. The minimum atomic E-state index is 0.229. The van der Waals surface area contributed by atoms with Crippen molar-refractivity contribution in [2.45, 2.75) is 63.8 Å². The van der Waals surface area contributed by atoms with Gasteiger partial charge in [-0.2, -0.15) is 0 Å². The zero-order valence-corrected chi connectivity index (χ0v) is 13.6. The minimum absolute atomic E-state index is 0.229. The van der Waals surface area contributed by atoms with Gasteiger partial charge in [-0.1, -0.05) is 25.7 Å². The van der Waals surface area contributed by atoms with Crippen LogP contribution in [0.2, 0.25) is 0 Å². The molecular weight excluding hydrogens is 264 g/mol. The van der Waals surface area contributed by atoms with E-state index < -0.39 is 0 Å². The first-order chi connectivity index (χ1) is 10.2. The predicted octanol–water partition coefficient (Wildman–Crippen LogP) is 2.26. The third-order valence-corrected chi connectivity index (χ3v) is 5.23. The van der Waals surface area contributed by atoms with Gasteiger partial charge in [-0.3, -0.25) is 9.69 Å². The number of piperidine rings is 1. The molecule has 2 rings (SSSR count). The van der Waals surface area contributed by atoms with Gasteiger partial charge < -0.3 is 10.0 Å². The molecule has 1 saturated carbocycles. The van der Waals surface area contributed by atoms with Gasteiger partial charge in [-0.25, -0.2) is 0 Å². The van der Waals surface area contributed by atoms with Crippen molar-refractivity contribution < 1.29 is 9.90 Å². The number of carbonyl (C=O) groups is 1. The lowest BCUT2D eigenvalue weighted by Gasteiger charge is -2.36. The standard InChI is InChI=1S/C17H32N2O2/c1-18(13-15-7-3-2-4-8-15)17(21)14-19-11-6-5-9-16(19)10-12-20/h15-16,20H,2-14H2,1H3. The maximum absolute atomic E-state index is 12.5. The van der Waals surface area contributed by atoms with Crippen molar-refractivity contribution in [1.82, 2.24) is 9.80 Å². The summed E-state index contributed by atoms with van der Waals surface area (Å²) in [6.07, 6.45) is 10.9. The van der Waals surface area contributed by atoms with Crippen LogP contribution in [-0.4, -0.2) is 60.1 Å². The summed E-state index contributed by atoms with van der Waals surface area (Å²) < 4.78 is 0. The quantitative estimate of drug-likeness (QED) is 0.817. The van der Waals surface area contributed by atoms with Crippen LogP contribution in [0.25, 0.3) is 0 Å². The second kappa shape index (κ2) is 8.74. The van der Waals surface area contributed by atoms with E-state index in [0.717, 1.165) is 25.9 Å². The highest BCUT2D eigenvalue weighted by Gasteiger charge is 2.25. The highest BCUT2D eigenvalue weighted by atomic mass is 16.3. The summed E-state index contributed by atoms with van der Waals surface area (Å²) in [5, 5.41) is 9.17. The normalized spacial score (nSPS) is 25.0. The molecule has 0 aromatic carbocycles. The van der Waals surface area contributed by atoms with Crippen LogP contribution in [-0.2, 0) is 4.79 Å². The molecule has 0 radical (unpaired) electrons. The molecule has 0 aromatic heterocycles. The maximum atomic E-state index is 12.5. The van der Waals surface area contributed by atoms with Gasteiger partial charge in [0.15, 0.2) is 0 Å². The molecule has 0 spiro atoms. The molecule has 2 aliphatic rings. The van der Waals surface area contributed by atoms with Crippen LogP contribution in [0.4, 0.5) is 0 Å². The molecule has 1 heterocycles. The van der Waals surface area contributed by atoms with E-state index in [1.54, 1.807) is 0 Å². The van der Waals surface area contributed by atoms with Crippen LogP contribution in [0, 0.1) is 5.92 Å². The number of carbonyl (C=O) groups excluding carboxylic acids is 1. The molecule has 21 heavy (non-hydrogen) atoms. The van der Waals surface area contributed by atoms with Crippen molar-refractivity contribution in [1.29, 1.82) is 0 Å². The van der Waals surface area contributed by atoms with E-state index in [-0.39, 0.29) is 12.5 Å². The monoisotopic (exact) mass is 296 g/mol. The first kappa shape index (κ1) is 16.8. The summed E-state index contributed by atoms with van der Waals surface area (Å²) in [6.45, 7) is 2.70. The number of amides is 1. The summed E-state index contributed by atoms with van der Waals surface area (Å²) in [5.41, 5.74) is 0. The van der Waals surface area contributed by atoms with Crippen LogP contribution in [0.5, 0.6) is 0 Å². The molecule has 1 atom stereocenters. The Hall–Kier alpha value is -0.610. The number of hydrogen-bond acceptors (Lipinski definition) is 3. The zero-order valence-electron chi connectivity index (χ0n) is 13.6. The number of aliphatic hydroxyl groups is 1. The first-order valence-corrected chi connectivity index (χ1v) is 8.79. The van der Waals surface area contributed by atoms with Crippen molar-refractivity contribution in [3.63, 3.8) is 0 Å². The van der Waals surface area contributed by atoms with Gasteiger partial charge in [0.25, 0.3) is 0 Å². The minimum Gasteiger partial charge on any atom is -0.396 e. The van der Waals surface area contributed by atoms with Gasteiger partial charge in [0.1, 0.15) is 0 Å². The third kappa shape index (κ3) is 5.26. The number of likely N-dealkylation sites (tertiary alicyclic amines) is 1. The number of nitrogens with zero attached hydrogens (tertiary/aromatic N) is 2. The van der Waals surface area contributed by atoms with Gasteiger partial charge in [0.05, 0.1) is 6.54 Å². The summed E-state index contributed by atoms with van der Waals surface area (Å²) in [5.74, 6) is 0.965. The molecule has 2 fully saturated rings. The van der Waals surface area contributed by atoms with E-state index >= 15 is 0 Å². The largest absolute Gasteiger partial charge is 0.396 e. The lowest BCUT2D eigenvalue weighted by molar-refractivity contribution is -0.132. The predicted molar refractivity (Wildman–Crippen MR) is 85.1 cm³/mol. The van der Waals surface area contributed by atoms with E-state index in [1.807, 2.05) is 11.9 Å². The van der Waals surface area contributed by atoms with E-state index in [4.69, 9.17) is 0 Å². The Balaban J connectivity index is 1.78. The Morgan fingerprint density at radius 2 is 1.86 bits per heavy atom. The fourth-order valence-electron chi connectivity index (χ4n) is 3.90. The average Bonchev–Trinajstić information content (AvgIpc) is 2.50. The highest BCUT2D eigenvalue weighted by molar-refractivity contribution is 5.78. The van der Waals surface area contributed by atoms with Crippen LogP contribution in [0.15, 0.2) is 0 Å². The molecule has 1 saturated heterocycles. The lowest BCUT2D eigenvalue weighted by Crippen LogP contribution is -2.47. The molecule has 122 valence electrons. The Morgan fingerprint density at radius 3 is 2.57 bits per heavy atom. The van der Waals surface area contributed by atoms with Crippen molar-refractivity contribution >= 4 is 5.91 Å². The molecule has 1 N–H and O–H groups in total. The van der Waals surface area contributed by atoms with Gasteiger partial charge in [-0.15, -0.1) is 0 Å². The molecule has 1 aliphatic heterocycles. The third-order valence-electron chi connectivity index (χ3n) is 5.23. The summed E-state index contributed by atoms with van der Waals surface area (Å²) in [6, 6.07) is 0.399. The molecule has 1 amide bonds. The molecule has 0 bridgehead atoms. The van der Waals surface area contributed by atoms with Gasteiger partial charge in [0.2, 0.25) is 5.91 Å².